The van der Waals surface area contributed by atoms with Gasteiger partial charge in [0.1, 0.15) is 0 Å². The first kappa shape index (κ1) is 15.5. The number of nitrogens with one attached hydrogen (secondary N) is 2. The summed E-state index contributed by atoms with van der Waals surface area (Å²) < 4.78 is 0. The molecule has 1 aromatic carbocycles. The van der Waals surface area contributed by atoms with Crippen LogP contribution in [-0.4, -0.2) is 23.9 Å². The molecule has 0 heterocycles. The van der Waals surface area contributed by atoms with Gasteiger partial charge in [-0.05, 0) is 18.4 Å². The molecular formula is C16H23N3O2. The van der Waals surface area contributed by atoms with Crippen molar-refractivity contribution < 1.29 is 9.59 Å². The van der Waals surface area contributed by atoms with Gasteiger partial charge in [-0.3, -0.25) is 9.59 Å². The Hall–Kier alpha value is -1.88. The second-order valence-corrected chi connectivity index (χ2v) is 5.66. The molecule has 2 amide bonds. The molecule has 0 atom stereocenters. The van der Waals surface area contributed by atoms with E-state index in [-0.39, 0.29) is 18.4 Å². The predicted octanol–water partition coefficient (Wildman–Crippen LogP) is 1.08. The van der Waals surface area contributed by atoms with Crippen molar-refractivity contribution >= 4 is 11.8 Å². The molecule has 0 radical (unpaired) electrons. The average molecular weight is 289 g/mol. The fourth-order valence-corrected chi connectivity index (χ4v) is 2.61. The fourth-order valence-electron chi connectivity index (χ4n) is 2.61. The molecule has 114 valence electrons. The smallest absolute Gasteiger partial charge is 0.240 e. The molecule has 5 heteroatoms. The lowest BCUT2D eigenvalue weighted by Crippen LogP contribution is -2.56. The van der Waals surface area contributed by atoms with Crippen LogP contribution >= 0.6 is 0 Å². The normalized spacial score (nSPS) is 17.0. The monoisotopic (exact) mass is 289 g/mol. The molecule has 0 spiro atoms. The number of carbonyl (C=O) groups is 2. The Morgan fingerprint density at radius 3 is 2.38 bits per heavy atom. The molecule has 0 bridgehead atoms. The van der Waals surface area contributed by atoms with E-state index in [1.54, 1.807) is 0 Å². The maximum absolute atomic E-state index is 12.1. The highest BCUT2D eigenvalue weighted by Gasteiger charge is 2.35. The van der Waals surface area contributed by atoms with Crippen molar-refractivity contribution in [1.29, 1.82) is 0 Å². The maximum atomic E-state index is 12.1. The Labute approximate surface area is 125 Å². The lowest BCUT2D eigenvalue weighted by Gasteiger charge is -2.31. The third kappa shape index (κ3) is 4.56. The third-order valence-corrected chi connectivity index (χ3v) is 3.94. The van der Waals surface area contributed by atoms with Crippen LogP contribution in [0, 0.1) is 0 Å². The molecule has 1 aliphatic carbocycles. The molecule has 0 aliphatic heterocycles. The fraction of sp³-hybridized carbons (Fsp3) is 0.500. The number of rotatable bonds is 5. The molecule has 0 saturated heterocycles. The second-order valence-electron chi connectivity index (χ2n) is 5.66. The number of carbonyl (C=O) groups excluding carboxylic acids is 2. The van der Waals surface area contributed by atoms with Crippen LogP contribution in [0.25, 0.3) is 0 Å². The molecular weight excluding hydrogens is 266 g/mol. The largest absolute Gasteiger partial charge is 0.350 e. The summed E-state index contributed by atoms with van der Waals surface area (Å²) in [4.78, 5) is 23.8. The number of hydrogen-bond donors (Lipinski definition) is 3. The molecule has 4 N–H and O–H groups in total. The van der Waals surface area contributed by atoms with Gasteiger partial charge in [-0.1, -0.05) is 49.6 Å². The van der Waals surface area contributed by atoms with Crippen LogP contribution in [0.2, 0.25) is 0 Å². The van der Waals surface area contributed by atoms with Crippen molar-refractivity contribution in [2.45, 2.75) is 44.2 Å². The Morgan fingerprint density at radius 1 is 1.05 bits per heavy atom. The predicted molar refractivity (Wildman–Crippen MR) is 81.3 cm³/mol. The van der Waals surface area contributed by atoms with Gasteiger partial charge in [0.2, 0.25) is 11.8 Å². The molecule has 1 aromatic rings. The van der Waals surface area contributed by atoms with Gasteiger partial charge in [-0.25, -0.2) is 0 Å². The van der Waals surface area contributed by atoms with Gasteiger partial charge in [-0.2, -0.15) is 0 Å². The van der Waals surface area contributed by atoms with Gasteiger partial charge in [0.25, 0.3) is 0 Å². The van der Waals surface area contributed by atoms with Crippen LogP contribution in [-0.2, 0) is 16.1 Å². The number of nitrogens with two attached hydrogens (primary N) is 1. The Bertz CT molecular complexity index is 482. The van der Waals surface area contributed by atoms with Gasteiger partial charge in [0, 0.05) is 6.54 Å². The van der Waals surface area contributed by atoms with Gasteiger partial charge >= 0.3 is 0 Å². The van der Waals surface area contributed by atoms with E-state index in [1.807, 2.05) is 30.3 Å². The van der Waals surface area contributed by atoms with E-state index in [1.165, 1.54) is 0 Å². The van der Waals surface area contributed by atoms with Crippen LogP contribution in [0.5, 0.6) is 0 Å². The van der Waals surface area contributed by atoms with Gasteiger partial charge in [0.15, 0.2) is 0 Å². The molecule has 2 rings (SSSR count). The van der Waals surface area contributed by atoms with Crippen molar-refractivity contribution in [1.82, 2.24) is 10.6 Å². The number of hydrogen-bond acceptors (Lipinski definition) is 3. The highest BCUT2D eigenvalue weighted by Crippen LogP contribution is 2.25. The molecule has 1 fully saturated rings. The van der Waals surface area contributed by atoms with Crippen LogP contribution in [0.1, 0.15) is 37.7 Å². The van der Waals surface area contributed by atoms with Crippen molar-refractivity contribution in [2.75, 3.05) is 6.54 Å². The SMILES string of the molecule is NC1(C(=O)NCC(=O)NCc2ccccc2)CCCCC1. The van der Waals surface area contributed by atoms with E-state index in [4.69, 9.17) is 5.73 Å². The highest BCUT2D eigenvalue weighted by molar-refractivity contribution is 5.90. The summed E-state index contributed by atoms with van der Waals surface area (Å²) in [6.07, 6.45) is 4.48. The zero-order valence-corrected chi connectivity index (χ0v) is 12.2. The zero-order chi connectivity index (χ0) is 15.1. The summed E-state index contributed by atoms with van der Waals surface area (Å²) in [5, 5.41) is 5.43. The van der Waals surface area contributed by atoms with Gasteiger partial charge in [-0.15, -0.1) is 0 Å². The molecule has 21 heavy (non-hydrogen) atoms. The third-order valence-electron chi connectivity index (χ3n) is 3.94. The van der Waals surface area contributed by atoms with E-state index < -0.39 is 5.54 Å². The van der Waals surface area contributed by atoms with E-state index in [0.717, 1.165) is 24.8 Å². The van der Waals surface area contributed by atoms with E-state index >= 15 is 0 Å². The van der Waals surface area contributed by atoms with E-state index in [0.29, 0.717) is 19.4 Å². The molecule has 0 aromatic heterocycles. The standard InChI is InChI=1S/C16H23N3O2/c17-16(9-5-2-6-10-16)15(21)19-12-14(20)18-11-13-7-3-1-4-8-13/h1,3-4,7-8H,2,5-6,9-12,17H2,(H,18,20)(H,19,21). The van der Waals surface area contributed by atoms with Crippen molar-refractivity contribution in [3.8, 4) is 0 Å². The van der Waals surface area contributed by atoms with E-state index in [2.05, 4.69) is 10.6 Å². The molecule has 0 unspecified atom stereocenters. The van der Waals surface area contributed by atoms with Crippen LogP contribution < -0.4 is 16.4 Å². The lowest BCUT2D eigenvalue weighted by molar-refractivity contribution is -0.130. The first-order valence-electron chi connectivity index (χ1n) is 7.48. The Kier molecular flexibility index (Phi) is 5.33. The van der Waals surface area contributed by atoms with Crippen molar-refractivity contribution in [2.24, 2.45) is 5.73 Å². The summed E-state index contributed by atoms with van der Waals surface area (Å²) in [5.74, 6) is -0.413. The summed E-state index contributed by atoms with van der Waals surface area (Å²) >= 11 is 0. The summed E-state index contributed by atoms with van der Waals surface area (Å²) in [7, 11) is 0. The molecule has 5 nitrogen and oxygen atoms in total. The summed E-state index contributed by atoms with van der Waals surface area (Å²) in [5.41, 5.74) is 6.34. The van der Waals surface area contributed by atoms with Crippen LogP contribution in [0.4, 0.5) is 0 Å². The second kappa shape index (κ2) is 7.22. The molecule has 1 aliphatic rings. The summed E-state index contributed by atoms with van der Waals surface area (Å²) in [6.45, 7) is 0.438. The maximum Gasteiger partial charge on any atom is 0.240 e. The summed E-state index contributed by atoms with van der Waals surface area (Å²) in [6, 6.07) is 9.65. The number of benzene rings is 1. The van der Waals surface area contributed by atoms with Gasteiger partial charge in [0.05, 0.1) is 12.1 Å². The minimum absolute atomic E-state index is 0.0232. The molecule has 1 saturated carbocycles. The highest BCUT2D eigenvalue weighted by atomic mass is 16.2. The Morgan fingerprint density at radius 2 is 1.71 bits per heavy atom. The lowest BCUT2D eigenvalue weighted by atomic mass is 9.82. The van der Waals surface area contributed by atoms with Crippen LogP contribution in [0.15, 0.2) is 30.3 Å². The zero-order valence-electron chi connectivity index (χ0n) is 12.2. The number of amides is 2. The van der Waals surface area contributed by atoms with Crippen molar-refractivity contribution in [3.05, 3.63) is 35.9 Å². The first-order valence-corrected chi connectivity index (χ1v) is 7.48. The minimum atomic E-state index is -0.794. The van der Waals surface area contributed by atoms with Gasteiger partial charge < -0.3 is 16.4 Å². The minimum Gasteiger partial charge on any atom is -0.350 e. The topological polar surface area (TPSA) is 84.2 Å². The first-order chi connectivity index (χ1) is 10.1. The quantitative estimate of drug-likeness (QED) is 0.758. The van der Waals surface area contributed by atoms with E-state index in [9.17, 15) is 9.59 Å². The average Bonchev–Trinajstić information content (AvgIpc) is 2.52. The van der Waals surface area contributed by atoms with Crippen LogP contribution in [0.3, 0.4) is 0 Å². The van der Waals surface area contributed by atoms with Crippen molar-refractivity contribution in [3.63, 3.8) is 0 Å². The Balaban J connectivity index is 1.72.